The number of aliphatic hydroxyl groups is 1. The lowest BCUT2D eigenvalue weighted by molar-refractivity contribution is -0.122. The van der Waals surface area contributed by atoms with Crippen molar-refractivity contribution in [2.24, 2.45) is 0 Å². The average Bonchev–Trinajstić information content (AvgIpc) is 2.33. The van der Waals surface area contributed by atoms with E-state index < -0.39 is 17.7 Å². The molecule has 2 amide bonds. The summed E-state index contributed by atoms with van der Waals surface area (Å²) in [5, 5.41) is 11.9. The highest BCUT2D eigenvalue weighted by Gasteiger charge is 2.27. The van der Waals surface area contributed by atoms with Crippen molar-refractivity contribution >= 4 is 12.0 Å². The molecule has 0 rings (SSSR count). The number of carbonyl (C=O) groups is 2. The lowest BCUT2D eigenvalue weighted by Crippen LogP contribution is -2.48. The van der Waals surface area contributed by atoms with Crippen LogP contribution in [0.5, 0.6) is 0 Å². The highest BCUT2D eigenvalue weighted by Crippen LogP contribution is 2.11. The van der Waals surface area contributed by atoms with Crippen molar-refractivity contribution in [1.29, 1.82) is 0 Å². The first-order valence-electron chi connectivity index (χ1n) is 6.69. The molecule has 0 aliphatic carbocycles. The Kier molecular flexibility index (Phi) is 7.91. The van der Waals surface area contributed by atoms with Crippen molar-refractivity contribution in [1.82, 2.24) is 10.2 Å². The van der Waals surface area contributed by atoms with Gasteiger partial charge in [0.25, 0.3) is 0 Å². The molecule has 0 radical (unpaired) electrons. The van der Waals surface area contributed by atoms with Crippen molar-refractivity contribution < 1.29 is 19.4 Å². The molecular formula is C14H26N2O4. The highest BCUT2D eigenvalue weighted by molar-refractivity contribution is 5.82. The third-order valence-corrected chi connectivity index (χ3v) is 2.41. The fraction of sp³-hybridized carbons (Fsp3) is 0.714. The summed E-state index contributed by atoms with van der Waals surface area (Å²) >= 11 is 0. The minimum absolute atomic E-state index is 0.145. The van der Waals surface area contributed by atoms with Crippen molar-refractivity contribution in [2.45, 2.75) is 45.8 Å². The van der Waals surface area contributed by atoms with Gasteiger partial charge in [0.05, 0.1) is 12.6 Å². The number of nitrogens with zero attached hydrogens (tertiary/aromatic N) is 1. The molecule has 0 saturated heterocycles. The number of carbonyl (C=O) groups excluding carboxylic acids is 2. The molecule has 6 heteroatoms. The molecular weight excluding hydrogens is 260 g/mol. The molecule has 0 bridgehead atoms. The van der Waals surface area contributed by atoms with Crippen LogP contribution in [0.25, 0.3) is 0 Å². The van der Waals surface area contributed by atoms with Gasteiger partial charge in [-0.2, -0.15) is 0 Å². The summed E-state index contributed by atoms with van der Waals surface area (Å²) in [6, 6.07) is -0.491. The van der Waals surface area contributed by atoms with Crippen LogP contribution < -0.4 is 5.32 Å². The summed E-state index contributed by atoms with van der Waals surface area (Å²) in [5.41, 5.74) is -0.649. The van der Waals surface area contributed by atoms with Gasteiger partial charge in [-0.3, -0.25) is 9.69 Å². The van der Waals surface area contributed by atoms with E-state index in [1.807, 2.05) is 0 Å². The zero-order valence-electron chi connectivity index (χ0n) is 12.8. The summed E-state index contributed by atoms with van der Waals surface area (Å²) in [4.78, 5) is 25.0. The molecule has 20 heavy (non-hydrogen) atoms. The van der Waals surface area contributed by atoms with Crippen LogP contribution in [0.4, 0.5) is 4.79 Å². The molecule has 0 saturated carbocycles. The maximum absolute atomic E-state index is 12.0. The number of rotatable bonds is 7. The molecule has 0 aromatic rings. The van der Waals surface area contributed by atoms with Crippen molar-refractivity contribution in [2.75, 3.05) is 19.7 Å². The van der Waals surface area contributed by atoms with Gasteiger partial charge in [-0.1, -0.05) is 6.08 Å². The number of aliphatic hydroxyl groups excluding tert-OH is 1. The monoisotopic (exact) mass is 286 g/mol. The number of hydrogen-bond acceptors (Lipinski definition) is 4. The van der Waals surface area contributed by atoms with E-state index in [2.05, 4.69) is 11.9 Å². The smallest absolute Gasteiger partial charge is 0.411 e. The Bertz CT molecular complexity index is 337. The fourth-order valence-electron chi connectivity index (χ4n) is 1.34. The minimum atomic E-state index is -0.649. The fourth-order valence-corrected chi connectivity index (χ4v) is 1.34. The first-order chi connectivity index (χ1) is 9.21. The van der Waals surface area contributed by atoms with Gasteiger partial charge in [-0.15, -0.1) is 6.58 Å². The SMILES string of the molecule is C=CCCNC(=O)CN(C(=O)OC(C)(C)C)[C@H](C)CO. The van der Waals surface area contributed by atoms with Gasteiger partial charge < -0.3 is 15.2 Å². The Morgan fingerprint density at radius 1 is 1.45 bits per heavy atom. The van der Waals surface area contributed by atoms with Crippen molar-refractivity contribution in [3.05, 3.63) is 12.7 Å². The van der Waals surface area contributed by atoms with Gasteiger partial charge in [0.1, 0.15) is 12.1 Å². The van der Waals surface area contributed by atoms with Gasteiger partial charge in [0.15, 0.2) is 0 Å². The molecule has 6 nitrogen and oxygen atoms in total. The van der Waals surface area contributed by atoms with Crippen LogP contribution in [-0.4, -0.2) is 53.3 Å². The third-order valence-electron chi connectivity index (χ3n) is 2.41. The quantitative estimate of drug-likeness (QED) is 0.546. The third kappa shape index (κ3) is 7.78. The van der Waals surface area contributed by atoms with Gasteiger partial charge in [-0.25, -0.2) is 4.79 Å². The number of nitrogens with one attached hydrogen (secondary N) is 1. The van der Waals surface area contributed by atoms with E-state index in [0.29, 0.717) is 13.0 Å². The first kappa shape index (κ1) is 18.4. The Balaban J connectivity index is 4.60. The molecule has 2 N–H and O–H groups in total. The van der Waals surface area contributed by atoms with Crippen LogP contribution in [-0.2, 0) is 9.53 Å². The minimum Gasteiger partial charge on any atom is -0.444 e. The summed E-state index contributed by atoms with van der Waals surface area (Å²) < 4.78 is 5.23. The molecule has 0 aliphatic rings. The molecule has 0 fully saturated rings. The summed E-state index contributed by atoms with van der Waals surface area (Å²) in [6.45, 7) is 10.5. The Hall–Kier alpha value is -1.56. The summed E-state index contributed by atoms with van der Waals surface area (Å²) in [6.07, 6.45) is 1.74. The lowest BCUT2D eigenvalue weighted by Gasteiger charge is -2.30. The van der Waals surface area contributed by atoms with Gasteiger partial charge >= 0.3 is 6.09 Å². The van der Waals surface area contributed by atoms with Crippen LogP contribution in [0.2, 0.25) is 0 Å². The molecule has 1 atom stereocenters. The maximum atomic E-state index is 12.0. The van der Waals surface area contributed by atoms with Crippen LogP contribution in [0, 0.1) is 0 Å². The molecule has 0 aromatic heterocycles. The number of ether oxygens (including phenoxy) is 1. The topological polar surface area (TPSA) is 78.9 Å². The van der Waals surface area contributed by atoms with Crippen LogP contribution in [0.3, 0.4) is 0 Å². The van der Waals surface area contributed by atoms with Gasteiger partial charge in [0.2, 0.25) is 5.91 Å². The van der Waals surface area contributed by atoms with E-state index in [9.17, 15) is 14.7 Å². The van der Waals surface area contributed by atoms with Gasteiger partial charge in [-0.05, 0) is 34.1 Å². The van der Waals surface area contributed by atoms with Crippen molar-refractivity contribution in [3.63, 3.8) is 0 Å². The van der Waals surface area contributed by atoms with E-state index >= 15 is 0 Å². The molecule has 0 unspecified atom stereocenters. The Morgan fingerprint density at radius 3 is 2.50 bits per heavy atom. The number of amides is 2. The lowest BCUT2D eigenvalue weighted by atomic mass is 10.2. The first-order valence-corrected chi connectivity index (χ1v) is 6.69. The van der Waals surface area contributed by atoms with E-state index in [-0.39, 0.29) is 19.1 Å². The summed E-state index contributed by atoms with van der Waals surface area (Å²) in [7, 11) is 0. The van der Waals surface area contributed by atoms with E-state index in [1.165, 1.54) is 4.90 Å². The maximum Gasteiger partial charge on any atom is 0.411 e. The Labute approximate surface area is 120 Å². The second-order valence-electron chi connectivity index (χ2n) is 5.57. The second kappa shape index (κ2) is 8.58. The van der Waals surface area contributed by atoms with Gasteiger partial charge in [0, 0.05) is 6.54 Å². The van der Waals surface area contributed by atoms with Crippen LogP contribution >= 0.6 is 0 Å². The zero-order valence-corrected chi connectivity index (χ0v) is 12.8. The van der Waals surface area contributed by atoms with E-state index in [4.69, 9.17) is 4.74 Å². The summed E-state index contributed by atoms with van der Waals surface area (Å²) in [5.74, 6) is -0.294. The van der Waals surface area contributed by atoms with E-state index in [0.717, 1.165) is 0 Å². The molecule has 0 spiro atoms. The second-order valence-corrected chi connectivity index (χ2v) is 5.57. The molecule has 0 heterocycles. The van der Waals surface area contributed by atoms with Crippen LogP contribution in [0.1, 0.15) is 34.1 Å². The van der Waals surface area contributed by atoms with E-state index in [1.54, 1.807) is 33.8 Å². The highest BCUT2D eigenvalue weighted by atomic mass is 16.6. The molecule has 0 aromatic carbocycles. The van der Waals surface area contributed by atoms with Crippen molar-refractivity contribution in [3.8, 4) is 0 Å². The van der Waals surface area contributed by atoms with Crippen LogP contribution in [0.15, 0.2) is 12.7 Å². The largest absolute Gasteiger partial charge is 0.444 e. The predicted molar refractivity (Wildman–Crippen MR) is 77.3 cm³/mol. The molecule has 0 aliphatic heterocycles. The number of hydrogen-bond donors (Lipinski definition) is 2. The normalized spacial score (nSPS) is 12.4. The predicted octanol–water partition coefficient (Wildman–Crippen LogP) is 1.30. The Morgan fingerprint density at radius 2 is 2.05 bits per heavy atom. The average molecular weight is 286 g/mol. The zero-order chi connectivity index (χ0) is 15.8. The standard InChI is InChI=1S/C14H26N2O4/c1-6-7-8-15-12(18)9-16(11(2)10-17)13(19)20-14(3,4)5/h6,11,17H,1,7-10H2,2-5H3,(H,15,18)/t11-/m1/s1. The molecule has 116 valence electrons.